The number of carbonyl (C=O) groups excluding carboxylic acids is 1. The van der Waals surface area contributed by atoms with Gasteiger partial charge in [0, 0.05) is 7.11 Å². The van der Waals surface area contributed by atoms with Crippen LogP contribution < -0.4 is 0 Å². The second-order valence-corrected chi connectivity index (χ2v) is 5.12. The molecular formula is C15H24O3. The van der Waals surface area contributed by atoms with E-state index in [-0.39, 0.29) is 5.97 Å². The average molecular weight is 252 g/mol. The monoisotopic (exact) mass is 252 g/mol. The molecule has 0 bridgehead atoms. The molecule has 0 unspecified atom stereocenters. The summed E-state index contributed by atoms with van der Waals surface area (Å²) < 4.78 is 10.3. The summed E-state index contributed by atoms with van der Waals surface area (Å²) >= 11 is 0. The standard InChI is InChI=1S/C15H24O3/c1-12(2)10-18-15(16)14(11-17-3)9-13-7-5-4-6-8-13/h7,9,12H,4-6,8,10-11H2,1-3H3. The number of methoxy groups -OCH3 is 1. The van der Waals surface area contributed by atoms with Crippen molar-refractivity contribution in [1.82, 2.24) is 0 Å². The zero-order valence-corrected chi connectivity index (χ0v) is 11.7. The minimum atomic E-state index is -0.253. The molecule has 18 heavy (non-hydrogen) atoms. The second-order valence-electron chi connectivity index (χ2n) is 5.12. The second kappa shape index (κ2) is 8.09. The zero-order valence-electron chi connectivity index (χ0n) is 11.7. The summed E-state index contributed by atoms with van der Waals surface area (Å²) in [7, 11) is 1.60. The van der Waals surface area contributed by atoms with Gasteiger partial charge in [0.25, 0.3) is 0 Å². The Labute approximate surface area is 110 Å². The van der Waals surface area contributed by atoms with E-state index in [1.807, 2.05) is 19.9 Å². The van der Waals surface area contributed by atoms with E-state index in [1.165, 1.54) is 18.4 Å². The van der Waals surface area contributed by atoms with Crippen molar-refractivity contribution >= 4 is 5.97 Å². The lowest BCUT2D eigenvalue weighted by Crippen LogP contribution is -2.15. The van der Waals surface area contributed by atoms with Crippen molar-refractivity contribution in [2.24, 2.45) is 5.92 Å². The highest BCUT2D eigenvalue weighted by Gasteiger charge is 2.13. The molecule has 0 N–H and O–H groups in total. The van der Waals surface area contributed by atoms with Crippen molar-refractivity contribution in [3.63, 3.8) is 0 Å². The third kappa shape index (κ3) is 5.50. The number of carbonyl (C=O) groups is 1. The van der Waals surface area contributed by atoms with Gasteiger partial charge in [-0.25, -0.2) is 4.79 Å². The van der Waals surface area contributed by atoms with Gasteiger partial charge in [-0.3, -0.25) is 0 Å². The number of allylic oxidation sites excluding steroid dienone is 3. The van der Waals surface area contributed by atoms with Gasteiger partial charge in [-0.2, -0.15) is 0 Å². The zero-order chi connectivity index (χ0) is 13.4. The van der Waals surface area contributed by atoms with E-state index in [9.17, 15) is 4.79 Å². The van der Waals surface area contributed by atoms with Crippen LogP contribution in [0.5, 0.6) is 0 Å². The molecule has 0 aromatic rings. The Kier molecular flexibility index (Phi) is 6.73. The van der Waals surface area contributed by atoms with Crippen molar-refractivity contribution in [1.29, 1.82) is 0 Å². The smallest absolute Gasteiger partial charge is 0.336 e. The van der Waals surface area contributed by atoms with Gasteiger partial charge >= 0.3 is 5.97 Å². The van der Waals surface area contributed by atoms with Crippen LogP contribution in [0.2, 0.25) is 0 Å². The quantitative estimate of drug-likeness (QED) is 0.537. The van der Waals surface area contributed by atoms with E-state index in [0.29, 0.717) is 24.7 Å². The van der Waals surface area contributed by atoms with Gasteiger partial charge in [0.05, 0.1) is 18.8 Å². The Balaban J connectivity index is 2.65. The molecule has 1 aliphatic carbocycles. The number of esters is 1. The van der Waals surface area contributed by atoms with Crippen molar-refractivity contribution in [2.75, 3.05) is 20.3 Å². The third-order valence-corrected chi connectivity index (χ3v) is 2.80. The van der Waals surface area contributed by atoms with Gasteiger partial charge in [0.1, 0.15) is 0 Å². The van der Waals surface area contributed by atoms with E-state index in [2.05, 4.69) is 6.08 Å². The minimum absolute atomic E-state index is 0.253. The first-order valence-corrected chi connectivity index (χ1v) is 6.69. The van der Waals surface area contributed by atoms with Crippen LogP contribution in [0.1, 0.15) is 39.5 Å². The minimum Gasteiger partial charge on any atom is -0.462 e. The molecule has 0 saturated heterocycles. The normalized spacial score (nSPS) is 16.7. The maximum Gasteiger partial charge on any atom is 0.336 e. The van der Waals surface area contributed by atoms with E-state index >= 15 is 0 Å². The highest BCUT2D eigenvalue weighted by molar-refractivity contribution is 5.89. The molecule has 0 fully saturated rings. The van der Waals surface area contributed by atoms with Crippen molar-refractivity contribution in [3.8, 4) is 0 Å². The molecule has 3 heteroatoms. The van der Waals surface area contributed by atoms with Gasteiger partial charge in [0.2, 0.25) is 0 Å². The summed E-state index contributed by atoms with van der Waals surface area (Å²) in [5.41, 5.74) is 1.85. The van der Waals surface area contributed by atoms with Gasteiger partial charge in [-0.1, -0.05) is 25.5 Å². The van der Waals surface area contributed by atoms with Crippen LogP contribution in [0.25, 0.3) is 0 Å². The summed E-state index contributed by atoms with van der Waals surface area (Å²) in [6.07, 6.45) is 8.73. The fourth-order valence-electron chi connectivity index (χ4n) is 1.87. The summed E-state index contributed by atoms with van der Waals surface area (Å²) in [4.78, 5) is 11.9. The lowest BCUT2D eigenvalue weighted by atomic mass is 9.98. The molecule has 3 nitrogen and oxygen atoms in total. The topological polar surface area (TPSA) is 35.5 Å². The first-order valence-electron chi connectivity index (χ1n) is 6.69. The number of hydrogen-bond acceptors (Lipinski definition) is 3. The van der Waals surface area contributed by atoms with E-state index in [1.54, 1.807) is 7.11 Å². The average Bonchev–Trinajstić information content (AvgIpc) is 2.36. The maximum absolute atomic E-state index is 11.9. The van der Waals surface area contributed by atoms with Crippen molar-refractivity contribution in [2.45, 2.75) is 39.5 Å². The Hall–Kier alpha value is -1.09. The molecule has 0 aromatic heterocycles. The summed E-state index contributed by atoms with van der Waals surface area (Å²) in [6.45, 7) is 4.82. The van der Waals surface area contributed by atoms with Crippen LogP contribution in [0.3, 0.4) is 0 Å². The number of hydrogen-bond donors (Lipinski definition) is 0. The third-order valence-electron chi connectivity index (χ3n) is 2.80. The summed E-state index contributed by atoms with van der Waals surface area (Å²) in [6, 6.07) is 0. The predicted octanol–water partition coefficient (Wildman–Crippen LogP) is 3.26. The molecule has 0 spiro atoms. The first-order chi connectivity index (χ1) is 8.63. The highest BCUT2D eigenvalue weighted by atomic mass is 16.5. The van der Waals surface area contributed by atoms with Gasteiger partial charge in [0.15, 0.2) is 0 Å². The largest absolute Gasteiger partial charge is 0.462 e. The molecule has 0 amide bonds. The number of rotatable bonds is 6. The maximum atomic E-state index is 11.9. The molecule has 0 saturated carbocycles. The predicted molar refractivity (Wildman–Crippen MR) is 72.3 cm³/mol. The van der Waals surface area contributed by atoms with Gasteiger partial charge in [-0.15, -0.1) is 0 Å². The first kappa shape index (κ1) is 15.0. The van der Waals surface area contributed by atoms with Crippen LogP contribution in [0.4, 0.5) is 0 Å². The molecule has 0 heterocycles. The van der Waals surface area contributed by atoms with Crippen molar-refractivity contribution < 1.29 is 14.3 Å². The molecule has 0 atom stereocenters. The van der Waals surface area contributed by atoms with Gasteiger partial charge in [-0.05, 0) is 37.7 Å². The van der Waals surface area contributed by atoms with Crippen LogP contribution in [-0.2, 0) is 14.3 Å². The van der Waals surface area contributed by atoms with E-state index < -0.39 is 0 Å². The summed E-state index contributed by atoms with van der Waals surface area (Å²) in [5, 5.41) is 0. The Morgan fingerprint density at radius 3 is 2.78 bits per heavy atom. The molecule has 1 aliphatic rings. The van der Waals surface area contributed by atoms with E-state index in [0.717, 1.165) is 12.8 Å². The van der Waals surface area contributed by atoms with Crippen LogP contribution >= 0.6 is 0 Å². The molecular weight excluding hydrogens is 228 g/mol. The van der Waals surface area contributed by atoms with Crippen LogP contribution in [0, 0.1) is 5.92 Å². The molecule has 1 rings (SSSR count). The molecule has 0 radical (unpaired) electrons. The molecule has 0 aromatic carbocycles. The molecule has 0 aliphatic heterocycles. The Morgan fingerprint density at radius 2 is 2.22 bits per heavy atom. The van der Waals surface area contributed by atoms with Gasteiger partial charge < -0.3 is 9.47 Å². The highest BCUT2D eigenvalue weighted by Crippen LogP contribution is 2.20. The van der Waals surface area contributed by atoms with Crippen molar-refractivity contribution in [3.05, 3.63) is 23.3 Å². The van der Waals surface area contributed by atoms with Crippen LogP contribution in [-0.4, -0.2) is 26.3 Å². The Morgan fingerprint density at radius 1 is 1.44 bits per heavy atom. The number of ether oxygens (including phenoxy) is 2. The fraction of sp³-hybridized carbons (Fsp3) is 0.667. The lowest BCUT2D eigenvalue weighted by Gasteiger charge is -2.12. The molecule has 102 valence electrons. The SMILES string of the molecule is COCC(=CC1=CCCCC1)C(=O)OCC(C)C. The Bertz CT molecular complexity index is 327. The van der Waals surface area contributed by atoms with E-state index in [4.69, 9.17) is 9.47 Å². The fourth-order valence-corrected chi connectivity index (χ4v) is 1.87. The summed E-state index contributed by atoms with van der Waals surface area (Å²) in [5.74, 6) is 0.101. The lowest BCUT2D eigenvalue weighted by molar-refractivity contribution is -0.140. The van der Waals surface area contributed by atoms with Crippen LogP contribution in [0.15, 0.2) is 23.3 Å².